The van der Waals surface area contributed by atoms with Crippen molar-refractivity contribution in [2.24, 2.45) is 0 Å². The van der Waals surface area contributed by atoms with E-state index >= 15 is 0 Å². The lowest BCUT2D eigenvalue weighted by atomic mass is 10.1. The predicted molar refractivity (Wildman–Crippen MR) is 85.2 cm³/mol. The van der Waals surface area contributed by atoms with E-state index in [2.05, 4.69) is 15.9 Å². The minimum atomic E-state index is -0.313. The van der Waals surface area contributed by atoms with Crippen molar-refractivity contribution < 1.29 is 14.3 Å². The molecule has 0 aliphatic carbocycles. The standard InChI is InChI=1S/C16H16BrNO3/c17-13-5-7-14(8-6-13)20-9-10-21-16(19)11-12-3-1-2-4-15(12)18/h1-8H,9-11,18H2. The first-order valence-corrected chi connectivity index (χ1v) is 7.32. The maximum Gasteiger partial charge on any atom is 0.310 e. The van der Waals surface area contributed by atoms with Gasteiger partial charge in [-0.05, 0) is 35.9 Å². The average Bonchev–Trinajstić information content (AvgIpc) is 2.48. The highest BCUT2D eigenvalue weighted by Gasteiger charge is 2.07. The first-order chi connectivity index (χ1) is 10.1. The van der Waals surface area contributed by atoms with Crippen molar-refractivity contribution in [1.82, 2.24) is 0 Å². The highest BCUT2D eigenvalue weighted by molar-refractivity contribution is 9.10. The van der Waals surface area contributed by atoms with E-state index < -0.39 is 0 Å². The number of hydrogen-bond donors (Lipinski definition) is 1. The summed E-state index contributed by atoms with van der Waals surface area (Å²) in [6.07, 6.45) is 0.172. The normalized spacial score (nSPS) is 10.1. The van der Waals surface area contributed by atoms with Crippen molar-refractivity contribution in [3.63, 3.8) is 0 Å². The second kappa shape index (κ2) is 7.69. The molecule has 2 aromatic rings. The summed E-state index contributed by atoms with van der Waals surface area (Å²) in [5, 5.41) is 0. The highest BCUT2D eigenvalue weighted by Crippen LogP contribution is 2.16. The molecule has 4 nitrogen and oxygen atoms in total. The molecule has 0 aliphatic rings. The van der Waals surface area contributed by atoms with Gasteiger partial charge in [-0.3, -0.25) is 4.79 Å². The molecule has 0 aromatic heterocycles. The summed E-state index contributed by atoms with van der Waals surface area (Å²) in [4.78, 5) is 11.7. The van der Waals surface area contributed by atoms with E-state index in [0.29, 0.717) is 12.3 Å². The summed E-state index contributed by atoms with van der Waals surface area (Å²) in [7, 11) is 0. The number of carbonyl (C=O) groups is 1. The third-order valence-corrected chi connectivity index (χ3v) is 3.35. The summed E-state index contributed by atoms with van der Waals surface area (Å²) < 4.78 is 11.6. The minimum Gasteiger partial charge on any atom is -0.490 e. The van der Waals surface area contributed by atoms with Gasteiger partial charge in [0.05, 0.1) is 6.42 Å². The van der Waals surface area contributed by atoms with Crippen LogP contribution in [-0.4, -0.2) is 19.2 Å². The summed E-state index contributed by atoms with van der Waals surface area (Å²) in [5.41, 5.74) is 7.15. The summed E-state index contributed by atoms with van der Waals surface area (Å²) in [6.45, 7) is 0.527. The van der Waals surface area contributed by atoms with Crippen LogP contribution < -0.4 is 10.5 Å². The summed E-state index contributed by atoms with van der Waals surface area (Å²) in [5.74, 6) is 0.425. The van der Waals surface area contributed by atoms with E-state index in [1.807, 2.05) is 42.5 Å². The molecule has 0 aliphatic heterocycles. The van der Waals surface area contributed by atoms with Gasteiger partial charge in [0.15, 0.2) is 0 Å². The predicted octanol–water partition coefficient (Wildman–Crippen LogP) is 3.20. The molecular formula is C16H16BrNO3. The number of nitrogens with two attached hydrogens (primary N) is 1. The molecule has 0 fully saturated rings. The van der Waals surface area contributed by atoms with Crippen molar-refractivity contribution in [2.75, 3.05) is 18.9 Å². The van der Waals surface area contributed by atoms with E-state index in [1.165, 1.54) is 0 Å². The number of carbonyl (C=O) groups excluding carboxylic acids is 1. The zero-order valence-electron chi connectivity index (χ0n) is 11.4. The Kier molecular flexibility index (Phi) is 5.63. The Bertz CT molecular complexity index is 599. The van der Waals surface area contributed by atoms with E-state index in [-0.39, 0.29) is 19.0 Å². The van der Waals surface area contributed by atoms with E-state index in [1.54, 1.807) is 6.07 Å². The Labute approximate surface area is 132 Å². The Morgan fingerprint density at radius 1 is 1.05 bits per heavy atom. The van der Waals surface area contributed by atoms with Gasteiger partial charge in [-0.15, -0.1) is 0 Å². The Balaban J connectivity index is 1.70. The van der Waals surface area contributed by atoms with Crippen molar-refractivity contribution >= 4 is 27.6 Å². The molecule has 0 atom stereocenters. The molecule has 2 N–H and O–H groups in total. The number of para-hydroxylation sites is 1. The zero-order valence-corrected chi connectivity index (χ0v) is 13.0. The zero-order chi connectivity index (χ0) is 15.1. The quantitative estimate of drug-likeness (QED) is 0.494. The van der Waals surface area contributed by atoms with Crippen LogP contribution in [0.5, 0.6) is 5.75 Å². The number of halogens is 1. The van der Waals surface area contributed by atoms with Gasteiger partial charge in [-0.1, -0.05) is 34.1 Å². The lowest BCUT2D eigenvalue weighted by molar-refractivity contribution is -0.143. The third-order valence-electron chi connectivity index (χ3n) is 2.82. The molecule has 21 heavy (non-hydrogen) atoms. The number of benzene rings is 2. The highest BCUT2D eigenvalue weighted by atomic mass is 79.9. The van der Waals surface area contributed by atoms with Crippen molar-refractivity contribution in [2.45, 2.75) is 6.42 Å². The first kappa shape index (κ1) is 15.4. The molecule has 0 bridgehead atoms. The van der Waals surface area contributed by atoms with Crippen molar-refractivity contribution in [3.05, 3.63) is 58.6 Å². The third kappa shape index (κ3) is 5.11. The number of esters is 1. The van der Waals surface area contributed by atoms with Gasteiger partial charge in [-0.25, -0.2) is 0 Å². The van der Waals surface area contributed by atoms with Crippen LogP contribution in [0.4, 0.5) is 5.69 Å². The van der Waals surface area contributed by atoms with Crippen LogP contribution in [0.2, 0.25) is 0 Å². The van der Waals surface area contributed by atoms with Crippen molar-refractivity contribution in [3.8, 4) is 5.75 Å². The van der Waals surface area contributed by atoms with Crippen LogP contribution in [0.25, 0.3) is 0 Å². The summed E-state index contributed by atoms with van der Waals surface area (Å²) >= 11 is 3.35. The number of rotatable bonds is 6. The Morgan fingerprint density at radius 3 is 2.48 bits per heavy atom. The number of ether oxygens (including phenoxy) is 2. The summed E-state index contributed by atoms with van der Waals surface area (Å²) in [6, 6.07) is 14.7. The fourth-order valence-electron chi connectivity index (χ4n) is 1.75. The fraction of sp³-hybridized carbons (Fsp3) is 0.188. The smallest absolute Gasteiger partial charge is 0.310 e. The van der Waals surface area contributed by atoms with E-state index in [9.17, 15) is 4.79 Å². The van der Waals surface area contributed by atoms with Gasteiger partial charge in [0.25, 0.3) is 0 Å². The molecule has 0 radical (unpaired) electrons. The van der Waals surface area contributed by atoms with Gasteiger partial charge in [0.1, 0.15) is 19.0 Å². The molecule has 2 rings (SSSR count). The maximum atomic E-state index is 11.7. The maximum absolute atomic E-state index is 11.7. The molecule has 0 saturated carbocycles. The van der Waals surface area contributed by atoms with Crippen LogP contribution >= 0.6 is 15.9 Å². The molecule has 0 amide bonds. The molecule has 0 saturated heterocycles. The lowest BCUT2D eigenvalue weighted by Crippen LogP contribution is -2.14. The average molecular weight is 350 g/mol. The van der Waals surface area contributed by atoms with Crippen LogP contribution in [0.1, 0.15) is 5.56 Å². The number of anilines is 1. The van der Waals surface area contributed by atoms with Gasteiger partial charge >= 0.3 is 5.97 Å². The van der Waals surface area contributed by atoms with Crippen LogP contribution in [-0.2, 0) is 16.0 Å². The Morgan fingerprint density at radius 2 is 1.76 bits per heavy atom. The fourth-order valence-corrected chi connectivity index (χ4v) is 2.01. The van der Waals surface area contributed by atoms with Crippen LogP contribution in [0.15, 0.2) is 53.0 Å². The first-order valence-electron chi connectivity index (χ1n) is 6.52. The lowest BCUT2D eigenvalue weighted by Gasteiger charge is -2.08. The molecule has 2 aromatic carbocycles. The minimum absolute atomic E-state index is 0.172. The van der Waals surface area contributed by atoms with Crippen LogP contribution in [0.3, 0.4) is 0 Å². The molecule has 110 valence electrons. The van der Waals surface area contributed by atoms with E-state index in [4.69, 9.17) is 15.2 Å². The number of nitrogen functional groups attached to an aromatic ring is 1. The number of hydrogen-bond acceptors (Lipinski definition) is 4. The second-order valence-electron chi connectivity index (χ2n) is 4.40. The van der Waals surface area contributed by atoms with E-state index in [0.717, 1.165) is 15.8 Å². The Hall–Kier alpha value is -2.01. The largest absolute Gasteiger partial charge is 0.490 e. The van der Waals surface area contributed by atoms with Gasteiger partial charge in [0.2, 0.25) is 0 Å². The second-order valence-corrected chi connectivity index (χ2v) is 5.31. The molecule has 0 heterocycles. The SMILES string of the molecule is Nc1ccccc1CC(=O)OCCOc1ccc(Br)cc1. The molecule has 5 heteroatoms. The van der Waals surface area contributed by atoms with Crippen molar-refractivity contribution in [1.29, 1.82) is 0 Å². The molecule has 0 unspecified atom stereocenters. The van der Waals surface area contributed by atoms with Gasteiger partial charge in [-0.2, -0.15) is 0 Å². The van der Waals surface area contributed by atoms with Gasteiger partial charge < -0.3 is 15.2 Å². The van der Waals surface area contributed by atoms with Crippen LogP contribution in [0, 0.1) is 0 Å². The monoisotopic (exact) mass is 349 g/mol. The topological polar surface area (TPSA) is 61.6 Å². The molecule has 0 spiro atoms. The van der Waals surface area contributed by atoms with Gasteiger partial charge in [0, 0.05) is 10.2 Å². The molecular weight excluding hydrogens is 334 g/mol.